The van der Waals surface area contributed by atoms with Gasteiger partial charge in [-0.15, -0.1) is 0 Å². The lowest BCUT2D eigenvalue weighted by Crippen LogP contribution is -2.33. The number of carbonyl (C=O) groups is 1. The number of hydrogen-bond acceptors (Lipinski definition) is 6. The number of nitrogens with one attached hydrogen (secondary N) is 2. The molecule has 4 N–H and O–H groups in total. The van der Waals surface area contributed by atoms with Crippen LogP contribution in [-0.4, -0.2) is 35.6 Å². The van der Waals surface area contributed by atoms with Gasteiger partial charge < -0.3 is 21.1 Å². The van der Waals surface area contributed by atoms with E-state index in [2.05, 4.69) is 20.6 Å². The van der Waals surface area contributed by atoms with Crippen LogP contribution in [-0.2, 0) is 4.79 Å². The van der Waals surface area contributed by atoms with Gasteiger partial charge in [0.2, 0.25) is 17.7 Å². The van der Waals surface area contributed by atoms with Gasteiger partial charge in [0.15, 0.2) is 0 Å². The third kappa shape index (κ3) is 5.41. The Hall–Kier alpha value is -2.05. The first-order valence-corrected chi connectivity index (χ1v) is 6.27. The van der Waals surface area contributed by atoms with Gasteiger partial charge in [-0.05, 0) is 13.3 Å². The molecule has 106 valence electrons. The number of rotatable bonds is 7. The molecule has 1 rings (SSSR count). The van der Waals surface area contributed by atoms with Crippen molar-refractivity contribution in [1.29, 1.82) is 0 Å². The van der Waals surface area contributed by atoms with E-state index < -0.39 is 0 Å². The number of ether oxygens (including phenoxy) is 1. The Balaban J connectivity index is 2.40. The first-order chi connectivity index (χ1) is 9.05. The van der Waals surface area contributed by atoms with E-state index in [1.807, 2.05) is 13.8 Å². The molecule has 1 heterocycles. The van der Waals surface area contributed by atoms with Crippen LogP contribution >= 0.6 is 0 Å². The Bertz CT molecular complexity index is 425. The van der Waals surface area contributed by atoms with E-state index in [-0.39, 0.29) is 17.9 Å². The van der Waals surface area contributed by atoms with Crippen molar-refractivity contribution < 1.29 is 9.53 Å². The second-order valence-corrected chi connectivity index (χ2v) is 4.21. The smallest absolute Gasteiger partial charge is 0.225 e. The molecule has 1 unspecified atom stereocenters. The van der Waals surface area contributed by atoms with E-state index in [1.54, 1.807) is 6.07 Å². The zero-order chi connectivity index (χ0) is 14.3. The van der Waals surface area contributed by atoms with Crippen molar-refractivity contribution in [1.82, 2.24) is 15.3 Å². The van der Waals surface area contributed by atoms with Crippen molar-refractivity contribution in [3.63, 3.8) is 0 Å². The highest BCUT2D eigenvalue weighted by Gasteiger charge is 2.06. The molecule has 0 aliphatic carbocycles. The topological polar surface area (TPSA) is 102 Å². The molecule has 0 radical (unpaired) electrons. The molecule has 1 aromatic heterocycles. The second-order valence-electron chi connectivity index (χ2n) is 4.21. The van der Waals surface area contributed by atoms with Crippen LogP contribution in [0.2, 0.25) is 0 Å². The summed E-state index contributed by atoms with van der Waals surface area (Å²) in [6.45, 7) is 4.47. The predicted octanol–water partition coefficient (Wildman–Crippen LogP) is 0.784. The molecule has 0 bridgehead atoms. The molecule has 1 aromatic rings. The van der Waals surface area contributed by atoms with Crippen LogP contribution in [0.5, 0.6) is 5.88 Å². The van der Waals surface area contributed by atoms with Gasteiger partial charge in [-0.1, -0.05) is 6.92 Å². The molecule has 1 atom stereocenters. The minimum atomic E-state index is 0.0100. The largest absolute Gasteiger partial charge is 0.481 e. The molecule has 0 aliphatic heterocycles. The van der Waals surface area contributed by atoms with Crippen molar-refractivity contribution in [3.05, 3.63) is 6.07 Å². The summed E-state index contributed by atoms with van der Waals surface area (Å²) in [5, 5.41) is 5.90. The summed E-state index contributed by atoms with van der Waals surface area (Å²) in [6, 6.07) is 1.82. The Morgan fingerprint density at radius 3 is 2.89 bits per heavy atom. The van der Waals surface area contributed by atoms with Crippen molar-refractivity contribution >= 4 is 17.7 Å². The van der Waals surface area contributed by atoms with E-state index in [0.717, 1.165) is 6.42 Å². The van der Waals surface area contributed by atoms with Gasteiger partial charge in [0.25, 0.3) is 0 Å². The monoisotopic (exact) mass is 267 g/mol. The summed E-state index contributed by atoms with van der Waals surface area (Å²) < 4.78 is 4.98. The van der Waals surface area contributed by atoms with Crippen molar-refractivity contribution in [3.8, 4) is 5.88 Å². The predicted molar refractivity (Wildman–Crippen MR) is 74.0 cm³/mol. The first kappa shape index (κ1) is 15.0. The highest BCUT2D eigenvalue weighted by Crippen LogP contribution is 2.13. The number of carbonyl (C=O) groups excluding carboxylic acids is 1. The highest BCUT2D eigenvalue weighted by molar-refractivity contribution is 5.76. The van der Waals surface area contributed by atoms with Crippen molar-refractivity contribution in [2.24, 2.45) is 0 Å². The minimum absolute atomic E-state index is 0.0100. The maximum absolute atomic E-state index is 11.6. The van der Waals surface area contributed by atoms with Gasteiger partial charge in [0.05, 0.1) is 7.11 Å². The number of hydrogen-bond donors (Lipinski definition) is 3. The van der Waals surface area contributed by atoms with E-state index in [1.165, 1.54) is 7.11 Å². The maximum atomic E-state index is 11.6. The summed E-state index contributed by atoms with van der Waals surface area (Å²) >= 11 is 0. The van der Waals surface area contributed by atoms with Gasteiger partial charge >= 0.3 is 0 Å². The fraction of sp³-hybridized carbons (Fsp3) is 0.583. The lowest BCUT2D eigenvalue weighted by atomic mass is 10.2. The van der Waals surface area contributed by atoms with E-state index in [9.17, 15) is 4.79 Å². The molecule has 0 saturated carbocycles. The number of nitrogens with zero attached hydrogens (tertiary/aromatic N) is 2. The molecule has 1 amide bonds. The van der Waals surface area contributed by atoms with Crippen LogP contribution in [0.3, 0.4) is 0 Å². The third-order valence-electron chi connectivity index (χ3n) is 2.61. The van der Waals surface area contributed by atoms with Crippen molar-refractivity contribution in [2.75, 3.05) is 24.7 Å². The van der Waals surface area contributed by atoms with Gasteiger partial charge in [-0.25, -0.2) is 0 Å². The number of methoxy groups -OCH3 is 1. The van der Waals surface area contributed by atoms with E-state index in [0.29, 0.717) is 24.7 Å². The SMILES string of the molecule is CCC(C)NC(=O)CCNc1cc(OC)nc(N)n1. The second kappa shape index (κ2) is 7.40. The number of aromatic nitrogens is 2. The summed E-state index contributed by atoms with van der Waals surface area (Å²) in [7, 11) is 1.51. The molecule has 7 nitrogen and oxygen atoms in total. The zero-order valence-electron chi connectivity index (χ0n) is 11.6. The van der Waals surface area contributed by atoms with Crippen LogP contribution in [0, 0.1) is 0 Å². The average molecular weight is 267 g/mol. The molecule has 0 aromatic carbocycles. The molecule has 0 spiro atoms. The van der Waals surface area contributed by atoms with Crippen LogP contribution in [0.15, 0.2) is 6.07 Å². The first-order valence-electron chi connectivity index (χ1n) is 6.27. The van der Waals surface area contributed by atoms with Gasteiger partial charge in [0.1, 0.15) is 5.82 Å². The molecular weight excluding hydrogens is 246 g/mol. The lowest BCUT2D eigenvalue weighted by molar-refractivity contribution is -0.121. The van der Waals surface area contributed by atoms with E-state index >= 15 is 0 Å². The summed E-state index contributed by atoms with van der Waals surface area (Å²) in [5.74, 6) is 1.07. The lowest BCUT2D eigenvalue weighted by Gasteiger charge is -2.12. The summed E-state index contributed by atoms with van der Waals surface area (Å²) in [5.41, 5.74) is 5.53. The normalized spacial score (nSPS) is 11.7. The number of anilines is 2. The number of nitrogens with two attached hydrogens (primary N) is 1. The molecule has 0 aliphatic rings. The van der Waals surface area contributed by atoms with Crippen LogP contribution in [0.4, 0.5) is 11.8 Å². The van der Waals surface area contributed by atoms with Crippen LogP contribution < -0.4 is 21.1 Å². The van der Waals surface area contributed by atoms with Gasteiger partial charge in [-0.3, -0.25) is 4.79 Å². The summed E-state index contributed by atoms with van der Waals surface area (Å²) in [4.78, 5) is 19.4. The fourth-order valence-corrected chi connectivity index (χ4v) is 1.39. The van der Waals surface area contributed by atoms with E-state index in [4.69, 9.17) is 10.5 Å². The standard InChI is InChI=1S/C12H21N5O2/c1-4-8(2)15-10(18)5-6-14-9-7-11(19-3)17-12(13)16-9/h7-8H,4-6H2,1-3H3,(H,15,18)(H3,13,14,16,17). The average Bonchev–Trinajstić information content (AvgIpc) is 2.37. The third-order valence-corrected chi connectivity index (χ3v) is 2.61. The van der Waals surface area contributed by atoms with Crippen LogP contribution in [0.1, 0.15) is 26.7 Å². The Kier molecular flexibility index (Phi) is 5.84. The van der Waals surface area contributed by atoms with Crippen LogP contribution in [0.25, 0.3) is 0 Å². The zero-order valence-corrected chi connectivity index (χ0v) is 11.6. The fourth-order valence-electron chi connectivity index (χ4n) is 1.39. The summed E-state index contributed by atoms with van der Waals surface area (Å²) in [6.07, 6.45) is 1.29. The molecule has 19 heavy (non-hydrogen) atoms. The molecule has 7 heteroatoms. The molecule has 0 fully saturated rings. The Morgan fingerprint density at radius 1 is 1.53 bits per heavy atom. The number of nitrogen functional groups attached to an aromatic ring is 1. The molecule has 0 saturated heterocycles. The highest BCUT2D eigenvalue weighted by atomic mass is 16.5. The Labute approximate surface area is 113 Å². The minimum Gasteiger partial charge on any atom is -0.481 e. The molecular formula is C12H21N5O2. The van der Waals surface area contributed by atoms with Crippen molar-refractivity contribution in [2.45, 2.75) is 32.7 Å². The maximum Gasteiger partial charge on any atom is 0.225 e. The van der Waals surface area contributed by atoms with Gasteiger partial charge in [-0.2, -0.15) is 9.97 Å². The Morgan fingerprint density at radius 2 is 2.26 bits per heavy atom. The van der Waals surface area contributed by atoms with Gasteiger partial charge in [0, 0.05) is 25.1 Å². The number of amides is 1. The quantitative estimate of drug-likeness (QED) is 0.675.